The summed E-state index contributed by atoms with van der Waals surface area (Å²) in [6.07, 6.45) is 1.33. The number of anilines is 1. The second-order valence-corrected chi connectivity index (χ2v) is 10.3. The van der Waals surface area contributed by atoms with Crippen LogP contribution in [0.3, 0.4) is 0 Å². The molecule has 0 aliphatic rings. The Bertz CT molecular complexity index is 1520. The number of rotatable bonds is 9. The van der Waals surface area contributed by atoms with Crippen molar-refractivity contribution >= 4 is 44.6 Å². The highest BCUT2D eigenvalue weighted by Crippen LogP contribution is 2.19. The van der Waals surface area contributed by atoms with Gasteiger partial charge in [0, 0.05) is 5.56 Å². The first kappa shape index (κ1) is 25.7. The first-order valence-electron chi connectivity index (χ1n) is 10.9. The number of nitrogens with one attached hydrogen (secondary N) is 2. The summed E-state index contributed by atoms with van der Waals surface area (Å²) >= 11 is 1.09. The monoisotopic (exact) mass is 535 g/mol. The van der Waals surface area contributed by atoms with Crippen LogP contribution in [0.2, 0.25) is 0 Å². The van der Waals surface area contributed by atoms with E-state index in [1.54, 1.807) is 42.5 Å². The maximum atomic E-state index is 12.3. The molecule has 0 saturated carbocycles. The zero-order chi connectivity index (χ0) is 26.3. The predicted octanol–water partition coefficient (Wildman–Crippen LogP) is 3.56. The molecule has 0 radical (unpaired) electrons. The molecule has 2 N–H and O–H groups in total. The molecule has 188 valence electrons. The topological polar surface area (TPSA) is 140 Å². The van der Waals surface area contributed by atoms with Crippen LogP contribution in [0.4, 0.5) is 5.13 Å². The molecule has 3 aromatic carbocycles. The lowest BCUT2D eigenvalue weighted by molar-refractivity contribution is -0.120. The SMILES string of the molecule is Cc1ccc(C(=O)Nc2nnc(CC(=O)N/N=C\c3ccc(OS(=O)(=O)c4ccccc4)cc3)s2)cc1. The average Bonchev–Trinajstić information content (AvgIpc) is 3.32. The molecular formula is C25H21N5O5S2. The van der Waals surface area contributed by atoms with E-state index in [0.29, 0.717) is 16.1 Å². The highest BCUT2D eigenvalue weighted by molar-refractivity contribution is 7.87. The lowest BCUT2D eigenvalue weighted by atomic mass is 10.1. The molecule has 0 atom stereocenters. The Labute approximate surface area is 217 Å². The number of aromatic nitrogens is 2. The van der Waals surface area contributed by atoms with E-state index in [0.717, 1.165) is 16.9 Å². The number of carbonyl (C=O) groups is 2. The number of hydrazone groups is 1. The second kappa shape index (κ2) is 11.5. The van der Waals surface area contributed by atoms with Crippen LogP contribution in [0.1, 0.15) is 26.5 Å². The Kier molecular flexibility index (Phi) is 8.01. The highest BCUT2D eigenvalue weighted by atomic mass is 32.2. The summed E-state index contributed by atoms with van der Waals surface area (Å²) in [7, 11) is -3.93. The summed E-state index contributed by atoms with van der Waals surface area (Å²) in [5.74, 6) is -0.588. The van der Waals surface area contributed by atoms with Crippen LogP contribution in [0, 0.1) is 6.92 Å². The molecule has 0 aliphatic heterocycles. The van der Waals surface area contributed by atoms with Crippen molar-refractivity contribution in [3.8, 4) is 5.75 Å². The standard InChI is InChI=1S/C25H21N5O5S2/c1-17-7-11-19(12-8-17)24(32)27-25-30-29-23(36-25)15-22(31)28-26-16-18-9-13-20(14-10-18)35-37(33,34)21-5-3-2-4-6-21/h2-14,16H,15H2,1H3,(H,28,31)(H,27,30,32)/b26-16-. The number of aryl methyl sites for hydroxylation is 1. The quantitative estimate of drug-likeness (QED) is 0.190. The van der Waals surface area contributed by atoms with Gasteiger partial charge in [-0.2, -0.15) is 13.5 Å². The molecule has 12 heteroatoms. The minimum Gasteiger partial charge on any atom is -0.379 e. The van der Waals surface area contributed by atoms with E-state index < -0.39 is 16.0 Å². The van der Waals surface area contributed by atoms with Crippen molar-refractivity contribution in [2.45, 2.75) is 18.2 Å². The molecular weight excluding hydrogens is 514 g/mol. The lowest BCUT2D eigenvalue weighted by Gasteiger charge is -2.06. The molecule has 0 fully saturated rings. The second-order valence-electron chi connectivity index (χ2n) is 7.71. The normalized spacial score (nSPS) is 11.3. The molecule has 0 saturated heterocycles. The highest BCUT2D eigenvalue weighted by Gasteiger charge is 2.16. The van der Waals surface area contributed by atoms with Gasteiger partial charge in [0.1, 0.15) is 15.7 Å². The summed E-state index contributed by atoms with van der Waals surface area (Å²) in [5, 5.41) is 15.1. The van der Waals surface area contributed by atoms with Crippen LogP contribution in [0.15, 0.2) is 88.9 Å². The van der Waals surface area contributed by atoms with Gasteiger partial charge in [-0.15, -0.1) is 10.2 Å². The van der Waals surface area contributed by atoms with Crippen molar-refractivity contribution in [2.24, 2.45) is 5.10 Å². The minimum absolute atomic E-state index is 0.0551. The third kappa shape index (κ3) is 7.29. The minimum atomic E-state index is -3.93. The molecule has 1 aromatic heterocycles. The number of benzene rings is 3. The largest absolute Gasteiger partial charge is 0.379 e. The predicted molar refractivity (Wildman–Crippen MR) is 139 cm³/mol. The van der Waals surface area contributed by atoms with Gasteiger partial charge in [-0.25, -0.2) is 5.43 Å². The fourth-order valence-electron chi connectivity index (χ4n) is 2.98. The van der Waals surface area contributed by atoms with Crippen molar-refractivity contribution in [3.05, 3.63) is 101 Å². The maximum Gasteiger partial charge on any atom is 0.339 e. The third-order valence-corrected chi connectivity index (χ3v) is 6.93. The Balaban J connectivity index is 1.26. The van der Waals surface area contributed by atoms with E-state index in [1.807, 2.05) is 19.1 Å². The fraction of sp³-hybridized carbons (Fsp3) is 0.0800. The Hall–Kier alpha value is -4.42. The molecule has 0 aliphatic carbocycles. The molecule has 2 amide bonds. The Morgan fingerprint density at radius 1 is 0.973 bits per heavy atom. The number of amides is 2. The van der Waals surface area contributed by atoms with Gasteiger partial charge >= 0.3 is 10.1 Å². The zero-order valence-electron chi connectivity index (χ0n) is 19.5. The average molecular weight is 536 g/mol. The summed E-state index contributed by atoms with van der Waals surface area (Å²) in [4.78, 5) is 24.5. The van der Waals surface area contributed by atoms with Gasteiger partial charge in [-0.1, -0.05) is 47.2 Å². The fourth-order valence-corrected chi connectivity index (χ4v) is 4.66. The van der Waals surface area contributed by atoms with Gasteiger partial charge in [0.05, 0.1) is 12.6 Å². The van der Waals surface area contributed by atoms with Crippen molar-refractivity contribution in [1.82, 2.24) is 15.6 Å². The van der Waals surface area contributed by atoms with E-state index in [4.69, 9.17) is 4.18 Å². The summed E-state index contributed by atoms with van der Waals surface area (Å²) < 4.78 is 29.7. The van der Waals surface area contributed by atoms with Crippen LogP contribution < -0.4 is 14.9 Å². The molecule has 0 spiro atoms. The molecule has 1 heterocycles. The Morgan fingerprint density at radius 2 is 1.68 bits per heavy atom. The van der Waals surface area contributed by atoms with E-state index in [1.165, 1.54) is 30.5 Å². The van der Waals surface area contributed by atoms with Crippen molar-refractivity contribution in [1.29, 1.82) is 0 Å². The van der Waals surface area contributed by atoms with Gasteiger partial charge in [0.25, 0.3) is 5.91 Å². The number of nitrogens with zero attached hydrogens (tertiary/aromatic N) is 3. The summed E-state index contributed by atoms with van der Waals surface area (Å²) in [6.45, 7) is 1.93. The molecule has 37 heavy (non-hydrogen) atoms. The molecule has 10 nitrogen and oxygen atoms in total. The van der Waals surface area contributed by atoms with E-state index in [9.17, 15) is 18.0 Å². The Morgan fingerprint density at radius 3 is 2.38 bits per heavy atom. The molecule has 4 aromatic rings. The van der Waals surface area contributed by atoms with Crippen LogP contribution in [0.5, 0.6) is 5.75 Å². The summed E-state index contributed by atoms with van der Waals surface area (Å²) in [5.41, 5.74) is 4.54. The van der Waals surface area contributed by atoms with Gasteiger partial charge in [0.15, 0.2) is 0 Å². The van der Waals surface area contributed by atoms with Crippen molar-refractivity contribution < 1.29 is 22.2 Å². The van der Waals surface area contributed by atoms with Crippen LogP contribution in [-0.4, -0.2) is 36.6 Å². The first-order valence-corrected chi connectivity index (χ1v) is 13.1. The van der Waals surface area contributed by atoms with Gasteiger partial charge in [-0.05, 0) is 61.0 Å². The lowest BCUT2D eigenvalue weighted by Crippen LogP contribution is -2.19. The van der Waals surface area contributed by atoms with Gasteiger partial charge in [0.2, 0.25) is 11.0 Å². The van der Waals surface area contributed by atoms with Crippen LogP contribution in [0.25, 0.3) is 0 Å². The number of carbonyl (C=O) groups excluding carboxylic acids is 2. The van der Waals surface area contributed by atoms with Crippen molar-refractivity contribution in [2.75, 3.05) is 5.32 Å². The third-order valence-electron chi connectivity index (χ3n) is 4.83. The van der Waals surface area contributed by atoms with E-state index in [2.05, 4.69) is 26.0 Å². The maximum absolute atomic E-state index is 12.3. The molecule has 0 unspecified atom stereocenters. The van der Waals surface area contributed by atoms with Crippen LogP contribution >= 0.6 is 11.3 Å². The van der Waals surface area contributed by atoms with Gasteiger partial charge in [-0.3, -0.25) is 14.9 Å². The van der Waals surface area contributed by atoms with Gasteiger partial charge < -0.3 is 4.18 Å². The van der Waals surface area contributed by atoms with E-state index >= 15 is 0 Å². The van der Waals surface area contributed by atoms with E-state index in [-0.39, 0.29) is 28.1 Å². The summed E-state index contributed by atoms with van der Waals surface area (Å²) in [6, 6.07) is 21.1. The smallest absolute Gasteiger partial charge is 0.339 e. The molecule has 0 bridgehead atoms. The first-order chi connectivity index (χ1) is 17.8. The number of hydrogen-bond donors (Lipinski definition) is 2. The number of hydrogen-bond acceptors (Lipinski definition) is 9. The van der Waals surface area contributed by atoms with Crippen LogP contribution in [-0.2, 0) is 21.3 Å². The van der Waals surface area contributed by atoms with Crippen molar-refractivity contribution in [3.63, 3.8) is 0 Å². The molecule has 4 rings (SSSR count). The zero-order valence-corrected chi connectivity index (χ0v) is 21.1.